The molecule has 1 atom stereocenters. The summed E-state index contributed by atoms with van der Waals surface area (Å²) in [6, 6.07) is 13.3. The van der Waals surface area contributed by atoms with Gasteiger partial charge in [0.25, 0.3) is 0 Å². The third kappa shape index (κ3) is 5.11. The Morgan fingerprint density at radius 2 is 1.97 bits per heavy atom. The van der Waals surface area contributed by atoms with Crippen LogP contribution in [0.3, 0.4) is 0 Å². The lowest BCUT2D eigenvalue weighted by Crippen LogP contribution is -2.34. The normalized spacial score (nSPS) is 13.1. The fourth-order valence-electron chi connectivity index (χ4n) is 4.11. The summed E-state index contributed by atoms with van der Waals surface area (Å²) in [4.78, 5) is 11.7. The number of carboxylic acids is 1. The molecule has 0 radical (unpaired) electrons. The number of aryl methyl sites for hydroxylation is 1. The number of nitrogens with zero attached hydrogens (tertiary/aromatic N) is 2. The molecule has 4 aromatic rings. The SMILES string of the molecule is CCCN(CCOc1ccc2c(ccn2C(C)(C)C(=O)O)c1)[SH+](=O)c1sc2ccc(Cl)cc2c1C. The molecule has 1 N–H and O–H groups in total. The van der Waals surface area contributed by atoms with Crippen molar-refractivity contribution in [3.63, 3.8) is 0 Å². The minimum absolute atomic E-state index is 0.393. The first-order valence-electron chi connectivity index (χ1n) is 11.5. The number of halogens is 1. The molecule has 0 aliphatic carbocycles. The van der Waals surface area contributed by atoms with Crippen LogP contribution in [0.25, 0.3) is 21.0 Å². The zero-order valence-electron chi connectivity index (χ0n) is 20.2. The number of thiophene rings is 1. The van der Waals surface area contributed by atoms with Crippen molar-refractivity contribution in [2.45, 2.75) is 43.9 Å². The average Bonchev–Trinajstić information content (AvgIpc) is 3.39. The van der Waals surface area contributed by atoms with Crippen LogP contribution in [0.15, 0.2) is 52.9 Å². The Bertz CT molecular complexity index is 1410. The molecule has 0 fully saturated rings. The number of hydrogen-bond donors (Lipinski definition) is 1. The summed E-state index contributed by atoms with van der Waals surface area (Å²) in [5.41, 5.74) is 0.808. The summed E-state index contributed by atoms with van der Waals surface area (Å²) in [7, 11) is -1.73. The standard InChI is InChI=1S/C26H29ClN2O4S2/c1-5-11-28(35(32)24-17(2)21-16-19(27)6-9-23(21)34-24)13-14-33-20-7-8-22-18(15-20)10-12-29(22)26(3,4)25(30)31/h6-10,12,15-16H,5,11,13-14H2,1-4H3,(H,30,31)/p+1. The van der Waals surface area contributed by atoms with Gasteiger partial charge in [0.1, 0.15) is 17.9 Å². The molecule has 35 heavy (non-hydrogen) atoms. The summed E-state index contributed by atoms with van der Waals surface area (Å²) < 4.78 is 25.2. The molecule has 0 saturated carbocycles. The number of hydrogen-bond acceptors (Lipinski definition) is 4. The van der Waals surface area contributed by atoms with Gasteiger partial charge in [-0.2, -0.15) is 0 Å². The van der Waals surface area contributed by atoms with Gasteiger partial charge in [-0.3, -0.25) is 0 Å². The average molecular weight is 534 g/mol. The van der Waals surface area contributed by atoms with Crippen LogP contribution in [0.2, 0.25) is 5.02 Å². The van der Waals surface area contributed by atoms with Crippen LogP contribution in [-0.2, 0) is 25.5 Å². The molecule has 0 aliphatic rings. The van der Waals surface area contributed by atoms with E-state index in [1.807, 2.05) is 53.7 Å². The Labute approximate surface area is 216 Å². The largest absolute Gasteiger partial charge is 0.492 e. The van der Waals surface area contributed by atoms with E-state index < -0.39 is 22.5 Å². The number of carbonyl (C=O) groups is 1. The molecule has 6 nitrogen and oxygen atoms in total. The molecule has 0 bridgehead atoms. The molecular weight excluding hydrogens is 504 g/mol. The van der Waals surface area contributed by atoms with Crippen LogP contribution in [-0.4, -0.2) is 39.6 Å². The lowest BCUT2D eigenvalue weighted by molar-refractivity contribution is -0.145. The van der Waals surface area contributed by atoms with Crippen molar-refractivity contribution in [3.8, 4) is 5.75 Å². The van der Waals surface area contributed by atoms with E-state index in [-0.39, 0.29) is 0 Å². The monoisotopic (exact) mass is 533 g/mol. The maximum atomic E-state index is 13.5. The number of carboxylic acid groups (broad SMARTS) is 1. The number of fused-ring (bicyclic) bond motifs is 2. The van der Waals surface area contributed by atoms with Gasteiger partial charge in [-0.1, -0.05) is 34.1 Å². The summed E-state index contributed by atoms with van der Waals surface area (Å²) in [5.74, 6) is -0.194. The van der Waals surface area contributed by atoms with Crippen molar-refractivity contribution < 1.29 is 18.8 Å². The van der Waals surface area contributed by atoms with Gasteiger partial charge in [0, 0.05) is 44.3 Å². The third-order valence-corrected chi connectivity index (χ3v) is 9.84. The van der Waals surface area contributed by atoms with E-state index >= 15 is 0 Å². The molecule has 9 heteroatoms. The van der Waals surface area contributed by atoms with Crippen molar-refractivity contribution in [1.82, 2.24) is 8.87 Å². The Balaban J connectivity index is 1.47. The van der Waals surface area contributed by atoms with Gasteiger partial charge in [0.2, 0.25) is 4.21 Å². The number of rotatable bonds is 10. The van der Waals surface area contributed by atoms with E-state index in [0.717, 1.165) is 37.2 Å². The molecular formula is C26H30ClN2O4S2+. The lowest BCUT2D eigenvalue weighted by Gasteiger charge is -2.23. The summed E-state index contributed by atoms with van der Waals surface area (Å²) in [6.45, 7) is 9.06. The van der Waals surface area contributed by atoms with Crippen molar-refractivity contribution in [3.05, 3.63) is 59.2 Å². The summed E-state index contributed by atoms with van der Waals surface area (Å²) in [5, 5.41) is 12.2. The Hall–Kier alpha value is -2.39. The van der Waals surface area contributed by atoms with E-state index in [1.165, 1.54) is 0 Å². The first kappa shape index (κ1) is 25.7. The van der Waals surface area contributed by atoms with Gasteiger partial charge in [-0.15, -0.1) is 4.31 Å². The van der Waals surface area contributed by atoms with E-state index in [1.54, 1.807) is 35.9 Å². The molecule has 186 valence electrons. The molecule has 2 aromatic heterocycles. The fraction of sp³-hybridized carbons (Fsp3) is 0.346. The van der Waals surface area contributed by atoms with Crippen molar-refractivity contribution >= 4 is 60.9 Å². The minimum Gasteiger partial charge on any atom is -0.492 e. The van der Waals surface area contributed by atoms with Crippen LogP contribution in [0.1, 0.15) is 32.8 Å². The van der Waals surface area contributed by atoms with E-state index in [4.69, 9.17) is 16.3 Å². The first-order valence-corrected chi connectivity index (χ1v) is 13.9. The third-order valence-electron chi connectivity index (χ3n) is 6.19. The van der Waals surface area contributed by atoms with E-state index in [9.17, 15) is 14.1 Å². The predicted molar refractivity (Wildman–Crippen MR) is 146 cm³/mol. The van der Waals surface area contributed by atoms with Gasteiger partial charge < -0.3 is 14.4 Å². The van der Waals surface area contributed by atoms with Gasteiger partial charge in [-0.25, -0.2) is 4.79 Å². The highest BCUT2D eigenvalue weighted by Crippen LogP contribution is 2.35. The second-order valence-electron chi connectivity index (χ2n) is 9.02. The maximum absolute atomic E-state index is 13.5. The molecule has 0 spiro atoms. The minimum atomic E-state index is -1.73. The highest BCUT2D eigenvalue weighted by atomic mass is 35.5. The van der Waals surface area contributed by atoms with Gasteiger partial charge in [0.15, 0.2) is 11.0 Å². The topological polar surface area (TPSA) is 71.8 Å². The lowest BCUT2D eigenvalue weighted by atomic mass is 10.1. The zero-order valence-corrected chi connectivity index (χ0v) is 22.7. The number of ether oxygens (including phenoxy) is 1. The molecule has 2 heterocycles. The van der Waals surface area contributed by atoms with Gasteiger partial charge >= 0.3 is 5.97 Å². The van der Waals surface area contributed by atoms with E-state index in [0.29, 0.717) is 30.5 Å². The molecule has 0 aliphatic heterocycles. The number of aliphatic carboxylic acids is 1. The van der Waals surface area contributed by atoms with Crippen LogP contribution in [0, 0.1) is 6.92 Å². The van der Waals surface area contributed by atoms with Crippen LogP contribution >= 0.6 is 22.9 Å². The Morgan fingerprint density at radius 1 is 1.20 bits per heavy atom. The summed E-state index contributed by atoms with van der Waals surface area (Å²) in [6.07, 6.45) is 2.67. The Kier molecular flexibility index (Phi) is 7.57. The zero-order chi connectivity index (χ0) is 25.3. The van der Waals surface area contributed by atoms with Gasteiger partial charge in [0.05, 0.1) is 6.54 Å². The van der Waals surface area contributed by atoms with Crippen molar-refractivity contribution in [1.29, 1.82) is 0 Å². The fourth-order valence-corrected chi connectivity index (χ4v) is 7.48. The summed E-state index contributed by atoms with van der Waals surface area (Å²) >= 11 is 7.73. The van der Waals surface area contributed by atoms with E-state index in [2.05, 4.69) is 6.92 Å². The van der Waals surface area contributed by atoms with Crippen molar-refractivity contribution in [2.24, 2.45) is 0 Å². The predicted octanol–water partition coefficient (Wildman–Crippen LogP) is 6.40. The van der Waals surface area contributed by atoms with Crippen molar-refractivity contribution in [2.75, 3.05) is 19.7 Å². The number of thiol groups is 1. The Morgan fingerprint density at radius 3 is 2.69 bits per heavy atom. The maximum Gasteiger partial charge on any atom is 0.329 e. The quantitative estimate of drug-likeness (QED) is 0.189. The highest BCUT2D eigenvalue weighted by molar-refractivity contribution is 7.85. The molecule has 0 saturated heterocycles. The van der Waals surface area contributed by atoms with Gasteiger partial charge in [-0.05, 0) is 69.7 Å². The second-order valence-corrected chi connectivity index (χ2v) is 12.4. The number of benzene rings is 2. The molecule has 4 rings (SSSR count). The van der Waals surface area contributed by atoms with Crippen LogP contribution in [0.4, 0.5) is 0 Å². The number of aromatic nitrogens is 1. The second kappa shape index (κ2) is 10.3. The van der Waals surface area contributed by atoms with Crippen LogP contribution in [0.5, 0.6) is 5.75 Å². The van der Waals surface area contributed by atoms with Crippen LogP contribution < -0.4 is 4.74 Å². The molecule has 2 aromatic carbocycles. The first-order chi connectivity index (χ1) is 16.6. The molecule has 0 amide bonds. The smallest absolute Gasteiger partial charge is 0.329 e. The highest BCUT2D eigenvalue weighted by Gasteiger charge is 2.30. The molecule has 1 unspecified atom stereocenters.